The van der Waals surface area contributed by atoms with E-state index in [2.05, 4.69) is 15.4 Å². The van der Waals surface area contributed by atoms with Gasteiger partial charge >= 0.3 is 0 Å². The Labute approximate surface area is 206 Å². The lowest BCUT2D eigenvalue weighted by Gasteiger charge is -2.19. The van der Waals surface area contributed by atoms with Crippen LogP contribution in [0.2, 0.25) is 0 Å². The molecule has 0 saturated heterocycles. The molecule has 9 heteroatoms. The number of anilines is 2. The van der Waals surface area contributed by atoms with Crippen LogP contribution in [0.25, 0.3) is 0 Å². The lowest BCUT2D eigenvalue weighted by Crippen LogP contribution is -2.32. The predicted molar refractivity (Wildman–Crippen MR) is 138 cm³/mol. The number of carbonyl (C=O) groups is 1. The first kappa shape index (κ1) is 26.2. The summed E-state index contributed by atoms with van der Waals surface area (Å²) in [6.07, 6.45) is 1.06. The van der Waals surface area contributed by atoms with Gasteiger partial charge in [0.2, 0.25) is 15.9 Å². The van der Waals surface area contributed by atoms with Crippen LogP contribution >= 0.6 is 0 Å². The molecule has 0 aromatic heterocycles. The van der Waals surface area contributed by atoms with Crippen LogP contribution in [0.1, 0.15) is 29.7 Å². The molecule has 186 valence electrons. The zero-order chi connectivity index (χ0) is 25.4. The summed E-state index contributed by atoms with van der Waals surface area (Å²) >= 11 is 0. The van der Waals surface area contributed by atoms with Crippen molar-refractivity contribution in [2.45, 2.75) is 31.9 Å². The average Bonchev–Trinajstić information content (AvgIpc) is 2.79. The largest absolute Gasteiger partial charge is 0.506 e. The van der Waals surface area contributed by atoms with Crippen molar-refractivity contribution in [2.75, 3.05) is 22.8 Å². The zero-order valence-electron chi connectivity index (χ0n) is 19.7. The summed E-state index contributed by atoms with van der Waals surface area (Å²) in [5.74, 6) is -0.300. The third-order valence-corrected chi connectivity index (χ3v) is 5.91. The van der Waals surface area contributed by atoms with Crippen LogP contribution < -0.4 is 15.4 Å². The van der Waals surface area contributed by atoms with Crippen molar-refractivity contribution in [3.8, 4) is 5.75 Å². The number of para-hydroxylation sites is 1. The van der Waals surface area contributed by atoms with E-state index in [0.717, 1.165) is 23.1 Å². The summed E-state index contributed by atoms with van der Waals surface area (Å²) in [5, 5.41) is 26.6. The number of amides is 1. The van der Waals surface area contributed by atoms with Crippen LogP contribution in [0.5, 0.6) is 5.75 Å². The minimum atomic E-state index is -3.56. The monoisotopic (exact) mass is 497 g/mol. The molecule has 3 rings (SSSR count). The highest BCUT2D eigenvalue weighted by Gasteiger charge is 2.14. The van der Waals surface area contributed by atoms with Crippen LogP contribution in [0.15, 0.2) is 72.8 Å². The van der Waals surface area contributed by atoms with Gasteiger partial charge in [-0.1, -0.05) is 48.5 Å². The van der Waals surface area contributed by atoms with Gasteiger partial charge in [0.15, 0.2) is 0 Å². The predicted octanol–water partition coefficient (Wildman–Crippen LogP) is 3.20. The molecule has 35 heavy (non-hydrogen) atoms. The number of hydrogen-bond donors (Lipinski definition) is 5. The van der Waals surface area contributed by atoms with E-state index < -0.39 is 16.1 Å². The van der Waals surface area contributed by atoms with Gasteiger partial charge in [-0.2, -0.15) is 0 Å². The number of sulfonamides is 1. The normalized spacial score (nSPS) is 13.1. The van der Waals surface area contributed by atoms with E-state index in [1.807, 2.05) is 61.5 Å². The van der Waals surface area contributed by atoms with Gasteiger partial charge in [0.1, 0.15) is 5.75 Å². The molecule has 0 aliphatic carbocycles. The summed E-state index contributed by atoms with van der Waals surface area (Å²) in [6.45, 7) is 2.23. The molecule has 0 radical (unpaired) electrons. The molecule has 0 heterocycles. The Bertz CT molecular complexity index is 1250. The van der Waals surface area contributed by atoms with Crippen LogP contribution in [0.3, 0.4) is 0 Å². The van der Waals surface area contributed by atoms with Gasteiger partial charge in [0.25, 0.3) is 0 Å². The molecule has 0 bridgehead atoms. The van der Waals surface area contributed by atoms with E-state index in [1.165, 1.54) is 12.1 Å². The number of phenols is 1. The molecule has 0 aliphatic heterocycles. The van der Waals surface area contributed by atoms with E-state index in [0.29, 0.717) is 12.0 Å². The maximum Gasteiger partial charge on any atom is 0.229 e. The smallest absolute Gasteiger partial charge is 0.229 e. The summed E-state index contributed by atoms with van der Waals surface area (Å²) < 4.78 is 25.2. The number of hydrogen-bond acceptors (Lipinski definition) is 6. The third-order valence-electron chi connectivity index (χ3n) is 5.32. The van der Waals surface area contributed by atoms with Gasteiger partial charge in [-0.25, -0.2) is 8.42 Å². The molecular weight excluding hydrogens is 466 g/mol. The molecule has 3 aromatic carbocycles. The number of aromatic hydroxyl groups is 1. The molecular formula is C26H31N3O5S. The molecule has 0 fully saturated rings. The fourth-order valence-corrected chi connectivity index (χ4v) is 4.24. The fourth-order valence-electron chi connectivity index (χ4n) is 3.68. The van der Waals surface area contributed by atoms with Crippen LogP contribution in [-0.4, -0.2) is 43.4 Å². The summed E-state index contributed by atoms with van der Waals surface area (Å²) in [7, 11) is -3.56. The number of nitrogens with one attached hydrogen (secondary N) is 3. The Morgan fingerprint density at radius 3 is 2.40 bits per heavy atom. The molecule has 8 nitrogen and oxygen atoms in total. The Morgan fingerprint density at radius 2 is 1.69 bits per heavy atom. The van der Waals surface area contributed by atoms with Gasteiger partial charge in [-0.15, -0.1) is 0 Å². The first-order valence-corrected chi connectivity index (χ1v) is 13.1. The van der Waals surface area contributed by atoms with Crippen molar-refractivity contribution in [3.63, 3.8) is 0 Å². The molecule has 1 amide bonds. The molecule has 0 saturated carbocycles. The summed E-state index contributed by atoms with van der Waals surface area (Å²) in [5.41, 5.74) is 3.23. The molecule has 0 spiro atoms. The van der Waals surface area contributed by atoms with E-state index in [4.69, 9.17) is 0 Å². The lowest BCUT2D eigenvalue weighted by molar-refractivity contribution is -0.115. The van der Waals surface area contributed by atoms with Crippen LogP contribution in [0.4, 0.5) is 11.4 Å². The first-order valence-electron chi connectivity index (χ1n) is 11.2. The zero-order valence-corrected chi connectivity index (χ0v) is 20.5. The molecule has 5 N–H and O–H groups in total. The second kappa shape index (κ2) is 11.8. The third kappa shape index (κ3) is 8.71. The standard InChI is InChI=1S/C26H31N3O5S/c1-18(27-17-25(31)21-11-12-24(30)23(16-21)29-35(2,33)34)13-19-7-6-8-20(14-19)15-26(32)28-22-9-4-3-5-10-22/h3-12,14,16,18,25,27,29-31H,13,15,17H2,1-2H3,(H,28,32)/t18-,25+/m1/s1. The first-order chi connectivity index (χ1) is 16.6. The maximum absolute atomic E-state index is 12.3. The Hall–Kier alpha value is -3.40. The molecule has 3 aromatic rings. The number of aliphatic hydroxyl groups is 1. The average molecular weight is 498 g/mol. The van der Waals surface area contributed by atoms with Gasteiger partial charge in [0, 0.05) is 18.3 Å². The second-order valence-corrected chi connectivity index (χ2v) is 10.3. The molecule has 0 aliphatic rings. The Morgan fingerprint density at radius 1 is 0.971 bits per heavy atom. The minimum absolute atomic E-state index is 0.0187. The van der Waals surface area contributed by atoms with E-state index in [9.17, 15) is 23.4 Å². The number of carbonyl (C=O) groups excluding carboxylic acids is 1. The van der Waals surface area contributed by atoms with Gasteiger partial charge in [0.05, 0.1) is 24.5 Å². The second-order valence-electron chi connectivity index (χ2n) is 8.59. The Balaban J connectivity index is 1.53. The highest BCUT2D eigenvalue weighted by Crippen LogP contribution is 2.27. The fraction of sp³-hybridized carbons (Fsp3) is 0.269. The number of aliphatic hydroxyl groups excluding tert-OH is 1. The maximum atomic E-state index is 12.3. The van der Waals surface area contributed by atoms with Crippen molar-refractivity contribution >= 4 is 27.3 Å². The number of phenolic OH excluding ortho intramolecular Hbond substituents is 1. The van der Waals surface area contributed by atoms with Crippen molar-refractivity contribution in [1.29, 1.82) is 0 Å². The van der Waals surface area contributed by atoms with Crippen LogP contribution in [0, 0.1) is 0 Å². The Kier molecular flexibility index (Phi) is 8.86. The highest BCUT2D eigenvalue weighted by molar-refractivity contribution is 7.92. The van der Waals surface area contributed by atoms with E-state index in [1.54, 1.807) is 6.07 Å². The molecule has 0 unspecified atom stereocenters. The highest BCUT2D eigenvalue weighted by atomic mass is 32.2. The summed E-state index contributed by atoms with van der Waals surface area (Å²) in [4.78, 5) is 12.3. The quantitative estimate of drug-likeness (QED) is 0.259. The van der Waals surface area contributed by atoms with Gasteiger partial charge in [-0.3, -0.25) is 9.52 Å². The van der Waals surface area contributed by atoms with E-state index in [-0.39, 0.29) is 36.4 Å². The topological polar surface area (TPSA) is 128 Å². The van der Waals surface area contributed by atoms with E-state index >= 15 is 0 Å². The van der Waals surface area contributed by atoms with Crippen LogP contribution in [-0.2, 0) is 27.7 Å². The molecule has 2 atom stereocenters. The SMILES string of the molecule is C[C@H](Cc1cccc(CC(=O)Nc2ccccc2)c1)NC[C@H](O)c1ccc(O)c(NS(C)(=O)=O)c1. The van der Waals surface area contributed by atoms with Crippen molar-refractivity contribution in [2.24, 2.45) is 0 Å². The van der Waals surface area contributed by atoms with Crippen molar-refractivity contribution in [1.82, 2.24) is 5.32 Å². The summed E-state index contributed by atoms with van der Waals surface area (Å²) in [6, 6.07) is 21.5. The van der Waals surface area contributed by atoms with Crippen molar-refractivity contribution in [3.05, 3.63) is 89.5 Å². The van der Waals surface area contributed by atoms with Gasteiger partial charge < -0.3 is 20.8 Å². The lowest BCUT2D eigenvalue weighted by atomic mass is 10.0. The number of rotatable bonds is 11. The minimum Gasteiger partial charge on any atom is -0.506 e. The van der Waals surface area contributed by atoms with Gasteiger partial charge in [-0.05, 0) is 54.3 Å². The van der Waals surface area contributed by atoms with Crippen molar-refractivity contribution < 1.29 is 23.4 Å². The number of benzene rings is 3.